The summed E-state index contributed by atoms with van der Waals surface area (Å²) in [5.74, 6) is -1.34. The van der Waals surface area contributed by atoms with Crippen molar-refractivity contribution in [3.63, 3.8) is 0 Å². The van der Waals surface area contributed by atoms with E-state index in [9.17, 15) is 19.2 Å². The van der Waals surface area contributed by atoms with E-state index in [0.29, 0.717) is 28.8 Å². The Morgan fingerprint density at radius 2 is 1.68 bits per heavy atom. The van der Waals surface area contributed by atoms with Gasteiger partial charge in [0.15, 0.2) is 5.58 Å². The second kappa shape index (κ2) is 11.4. The van der Waals surface area contributed by atoms with Crippen LogP contribution in [0.3, 0.4) is 0 Å². The van der Waals surface area contributed by atoms with Crippen LogP contribution in [0.2, 0.25) is 25.7 Å². The summed E-state index contributed by atoms with van der Waals surface area (Å²) in [6.45, 7) is 12.6. The van der Waals surface area contributed by atoms with Gasteiger partial charge in [0.25, 0.3) is 11.8 Å². The molecule has 1 N–H and O–H groups in total. The fourth-order valence-corrected chi connectivity index (χ4v) is 5.20. The summed E-state index contributed by atoms with van der Waals surface area (Å²) in [5, 5.41) is 2.81. The van der Waals surface area contributed by atoms with Gasteiger partial charge in [-0.15, -0.1) is 0 Å². The number of aromatic nitrogens is 1. The van der Waals surface area contributed by atoms with Crippen molar-refractivity contribution in [2.24, 2.45) is 0 Å². The molecule has 0 unspecified atom stereocenters. The highest BCUT2D eigenvalue weighted by atomic mass is 28.3. The zero-order chi connectivity index (χ0) is 29.2. The maximum absolute atomic E-state index is 13.0. The number of ether oxygens (including phenoxy) is 2. The standard InChI is InChI=1S/C29H37N3O7Si/c1-29(2,3)39-27(35)30-20(17-31-25(33)21-9-7-8-10-22(21)26(31)34)15-19-11-12-23-24(16-19)38-28(36)32(23)18-37-13-14-40(4,5)6/h7-12,16,20H,13-15,17-18H2,1-6H3,(H,30,35)/t20-/m0/s1. The minimum Gasteiger partial charge on any atom is -0.444 e. The van der Waals surface area contributed by atoms with E-state index in [1.54, 1.807) is 57.2 Å². The molecule has 2 aromatic carbocycles. The van der Waals surface area contributed by atoms with Crippen LogP contribution in [0, 0.1) is 0 Å². The second-order valence-electron chi connectivity index (χ2n) is 12.3. The van der Waals surface area contributed by atoms with Gasteiger partial charge in [-0.1, -0.05) is 37.8 Å². The largest absolute Gasteiger partial charge is 0.444 e. The summed E-state index contributed by atoms with van der Waals surface area (Å²) >= 11 is 0. The summed E-state index contributed by atoms with van der Waals surface area (Å²) < 4.78 is 18.1. The number of imide groups is 1. The zero-order valence-electron chi connectivity index (χ0n) is 23.9. The molecule has 0 saturated carbocycles. The molecule has 4 rings (SSSR count). The monoisotopic (exact) mass is 567 g/mol. The average Bonchev–Trinajstić information content (AvgIpc) is 3.28. The third-order valence-electron chi connectivity index (χ3n) is 6.43. The van der Waals surface area contributed by atoms with Gasteiger partial charge in [-0.25, -0.2) is 14.2 Å². The van der Waals surface area contributed by atoms with E-state index in [1.807, 2.05) is 6.07 Å². The Bertz CT molecular complexity index is 1440. The zero-order valence-corrected chi connectivity index (χ0v) is 24.9. The van der Waals surface area contributed by atoms with Crippen LogP contribution in [0.15, 0.2) is 51.7 Å². The number of rotatable bonds is 10. The molecule has 3 aromatic rings. The van der Waals surface area contributed by atoms with Crippen molar-refractivity contribution in [2.45, 2.75) is 71.3 Å². The Balaban J connectivity index is 1.53. The van der Waals surface area contributed by atoms with Crippen LogP contribution in [0.5, 0.6) is 0 Å². The molecule has 0 spiro atoms. The molecule has 0 saturated heterocycles. The van der Waals surface area contributed by atoms with Gasteiger partial charge in [0, 0.05) is 14.7 Å². The fraction of sp³-hybridized carbons (Fsp3) is 0.448. The van der Waals surface area contributed by atoms with Crippen molar-refractivity contribution in [1.29, 1.82) is 0 Å². The van der Waals surface area contributed by atoms with Gasteiger partial charge in [0.2, 0.25) is 0 Å². The Morgan fingerprint density at radius 1 is 1.02 bits per heavy atom. The number of benzene rings is 2. The lowest BCUT2D eigenvalue weighted by molar-refractivity contribution is 0.0468. The summed E-state index contributed by atoms with van der Waals surface area (Å²) in [4.78, 5) is 52.3. The number of hydrogen-bond acceptors (Lipinski definition) is 7. The molecule has 214 valence electrons. The van der Waals surface area contributed by atoms with Crippen LogP contribution in [0.1, 0.15) is 47.1 Å². The van der Waals surface area contributed by atoms with Crippen LogP contribution >= 0.6 is 0 Å². The van der Waals surface area contributed by atoms with Crippen molar-refractivity contribution in [2.75, 3.05) is 13.2 Å². The number of alkyl carbamates (subject to hydrolysis) is 1. The molecule has 2 heterocycles. The minimum atomic E-state index is -1.26. The number of amides is 3. The number of nitrogens with zero attached hydrogens (tertiary/aromatic N) is 2. The summed E-state index contributed by atoms with van der Waals surface area (Å²) in [6.07, 6.45) is -0.409. The minimum absolute atomic E-state index is 0.0560. The molecule has 3 amide bonds. The predicted octanol–water partition coefficient (Wildman–Crippen LogP) is 4.64. The molecule has 10 nitrogen and oxygen atoms in total. The summed E-state index contributed by atoms with van der Waals surface area (Å²) in [7, 11) is -1.26. The Hall–Kier alpha value is -3.70. The normalized spacial score (nSPS) is 14.5. The first-order valence-electron chi connectivity index (χ1n) is 13.4. The first-order valence-corrected chi connectivity index (χ1v) is 17.1. The Kier molecular flexibility index (Phi) is 8.36. The van der Waals surface area contributed by atoms with Crippen LogP contribution in [0.4, 0.5) is 4.79 Å². The summed E-state index contributed by atoms with van der Waals surface area (Å²) in [6, 6.07) is 12.3. The van der Waals surface area contributed by atoms with Gasteiger partial charge in [-0.2, -0.15) is 0 Å². The van der Waals surface area contributed by atoms with Crippen LogP contribution in [-0.2, 0) is 22.6 Å². The van der Waals surface area contributed by atoms with Gasteiger partial charge < -0.3 is 19.2 Å². The molecule has 1 atom stereocenters. The molecule has 11 heteroatoms. The van der Waals surface area contributed by atoms with E-state index in [4.69, 9.17) is 13.9 Å². The molecule has 0 bridgehead atoms. The van der Waals surface area contributed by atoms with Crippen molar-refractivity contribution in [1.82, 2.24) is 14.8 Å². The SMILES string of the molecule is CC(C)(C)OC(=O)N[C@@H](Cc1ccc2c(c1)oc(=O)n2COCC[Si](C)(C)C)CN1C(=O)c2ccccc2C1=O. The quantitative estimate of drug-likeness (QED) is 0.215. The van der Waals surface area contributed by atoms with E-state index in [-0.39, 0.29) is 19.7 Å². The molecule has 1 aliphatic rings. The van der Waals surface area contributed by atoms with Crippen molar-refractivity contribution in [3.05, 3.63) is 69.7 Å². The summed E-state index contributed by atoms with van der Waals surface area (Å²) in [5.41, 5.74) is 1.66. The first kappa shape index (κ1) is 29.3. The van der Waals surface area contributed by atoms with Crippen molar-refractivity contribution >= 4 is 37.1 Å². The molecule has 0 radical (unpaired) electrons. The third-order valence-corrected chi connectivity index (χ3v) is 8.14. The molecular formula is C29H37N3O7Si. The van der Waals surface area contributed by atoms with E-state index in [2.05, 4.69) is 25.0 Å². The van der Waals surface area contributed by atoms with Crippen LogP contribution in [-0.4, -0.2) is 60.2 Å². The number of carbonyl (C=O) groups excluding carboxylic acids is 3. The molecule has 1 aliphatic heterocycles. The topological polar surface area (TPSA) is 120 Å². The van der Waals surface area contributed by atoms with E-state index in [1.165, 1.54) is 4.57 Å². The Labute approximate surface area is 234 Å². The highest BCUT2D eigenvalue weighted by Gasteiger charge is 2.37. The van der Waals surface area contributed by atoms with Crippen molar-refractivity contribution in [3.8, 4) is 0 Å². The van der Waals surface area contributed by atoms with Gasteiger partial charge in [-0.3, -0.25) is 14.5 Å². The van der Waals surface area contributed by atoms with Crippen LogP contribution in [0.25, 0.3) is 11.1 Å². The van der Waals surface area contributed by atoms with Gasteiger partial charge >= 0.3 is 11.8 Å². The van der Waals surface area contributed by atoms with E-state index >= 15 is 0 Å². The van der Waals surface area contributed by atoms with Crippen LogP contribution < -0.4 is 11.1 Å². The highest BCUT2D eigenvalue weighted by Crippen LogP contribution is 2.24. The molecule has 40 heavy (non-hydrogen) atoms. The first-order chi connectivity index (χ1) is 18.7. The smallest absolute Gasteiger partial charge is 0.421 e. The maximum atomic E-state index is 13.0. The Morgan fingerprint density at radius 3 is 2.27 bits per heavy atom. The molecule has 0 fully saturated rings. The number of nitrogens with one attached hydrogen (secondary N) is 1. The average molecular weight is 568 g/mol. The number of fused-ring (bicyclic) bond motifs is 2. The lowest BCUT2D eigenvalue weighted by Gasteiger charge is -2.26. The predicted molar refractivity (Wildman–Crippen MR) is 153 cm³/mol. The van der Waals surface area contributed by atoms with Gasteiger partial charge in [0.1, 0.15) is 12.3 Å². The van der Waals surface area contributed by atoms with E-state index in [0.717, 1.165) is 16.5 Å². The number of hydrogen-bond donors (Lipinski definition) is 1. The lowest BCUT2D eigenvalue weighted by atomic mass is 10.0. The molecule has 1 aromatic heterocycles. The van der Waals surface area contributed by atoms with Gasteiger partial charge in [0.05, 0.1) is 29.2 Å². The second-order valence-corrected chi connectivity index (χ2v) is 17.9. The third kappa shape index (κ3) is 7.08. The lowest BCUT2D eigenvalue weighted by Crippen LogP contribution is -2.48. The fourth-order valence-electron chi connectivity index (χ4n) is 4.44. The molecule has 0 aliphatic carbocycles. The van der Waals surface area contributed by atoms with Gasteiger partial charge in [-0.05, 0) is 63.1 Å². The molecular weight excluding hydrogens is 530 g/mol. The number of carbonyl (C=O) groups is 3. The van der Waals surface area contributed by atoms with E-state index < -0.39 is 43.4 Å². The highest BCUT2D eigenvalue weighted by molar-refractivity contribution is 6.76. The van der Waals surface area contributed by atoms with Crippen molar-refractivity contribution < 1.29 is 28.3 Å². The maximum Gasteiger partial charge on any atom is 0.421 e. The number of oxazole rings is 1.